The standard InChI is InChI=1S/C26H34ClN3O7S/c1-20(26(32)28-12-3-15-35-2)30(18-21-4-6-22(27)7-5-21)25(31)19-37-23-8-10-24(11-9-23)38(33,34)29-13-16-36-17-14-29/h4-11,20H,3,12-19H2,1-2H3,(H,28,32). The Hall–Kier alpha value is -2.70. The van der Waals surface area contributed by atoms with E-state index in [4.69, 9.17) is 25.8 Å². The molecule has 3 rings (SSSR count). The Morgan fingerprint density at radius 3 is 2.39 bits per heavy atom. The van der Waals surface area contributed by atoms with Crippen molar-refractivity contribution in [2.75, 3.05) is 53.2 Å². The summed E-state index contributed by atoms with van der Waals surface area (Å²) in [4.78, 5) is 27.5. The van der Waals surface area contributed by atoms with Gasteiger partial charge < -0.3 is 24.4 Å². The van der Waals surface area contributed by atoms with Gasteiger partial charge in [-0.2, -0.15) is 4.31 Å². The molecular weight excluding hydrogens is 534 g/mol. The van der Waals surface area contributed by atoms with Crippen molar-refractivity contribution >= 4 is 33.4 Å². The molecule has 10 nitrogen and oxygen atoms in total. The highest BCUT2D eigenvalue weighted by atomic mass is 35.5. The van der Waals surface area contributed by atoms with Gasteiger partial charge >= 0.3 is 0 Å². The molecule has 1 aliphatic heterocycles. The van der Waals surface area contributed by atoms with E-state index in [9.17, 15) is 18.0 Å². The van der Waals surface area contributed by atoms with Gasteiger partial charge in [-0.25, -0.2) is 8.42 Å². The summed E-state index contributed by atoms with van der Waals surface area (Å²) < 4.78 is 42.9. The van der Waals surface area contributed by atoms with Crippen LogP contribution in [0.15, 0.2) is 53.4 Å². The first-order chi connectivity index (χ1) is 18.2. The van der Waals surface area contributed by atoms with Crippen LogP contribution in [0.5, 0.6) is 5.75 Å². The molecule has 1 atom stereocenters. The lowest BCUT2D eigenvalue weighted by Gasteiger charge is -2.29. The van der Waals surface area contributed by atoms with E-state index in [2.05, 4.69) is 5.32 Å². The molecule has 12 heteroatoms. The van der Waals surface area contributed by atoms with Gasteiger partial charge in [0.15, 0.2) is 6.61 Å². The number of benzene rings is 2. The van der Waals surface area contributed by atoms with E-state index in [1.807, 2.05) is 0 Å². The molecule has 2 aromatic carbocycles. The molecule has 2 aromatic rings. The van der Waals surface area contributed by atoms with Crippen molar-refractivity contribution in [3.8, 4) is 5.75 Å². The highest BCUT2D eigenvalue weighted by molar-refractivity contribution is 7.89. The summed E-state index contributed by atoms with van der Waals surface area (Å²) in [6.45, 7) is 3.78. The maximum Gasteiger partial charge on any atom is 0.261 e. The Balaban J connectivity index is 1.65. The molecular formula is C26H34ClN3O7S. The van der Waals surface area contributed by atoms with Crippen LogP contribution in [0.3, 0.4) is 0 Å². The third kappa shape index (κ3) is 8.40. The van der Waals surface area contributed by atoms with Crippen LogP contribution in [0.4, 0.5) is 0 Å². The molecule has 208 valence electrons. The molecule has 1 saturated heterocycles. The van der Waals surface area contributed by atoms with Crippen LogP contribution < -0.4 is 10.1 Å². The number of carbonyl (C=O) groups excluding carboxylic acids is 2. The average molecular weight is 568 g/mol. The molecule has 0 aromatic heterocycles. The second-order valence-corrected chi connectivity index (χ2v) is 11.1. The molecule has 0 bridgehead atoms. The maximum atomic E-state index is 13.2. The smallest absolute Gasteiger partial charge is 0.261 e. The Labute approximate surface area is 228 Å². The minimum Gasteiger partial charge on any atom is -0.484 e. The molecule has 38 heavy (non-hydrogen) atoms. The van der Waals surface area contributed by atoms with Crippen LogP contribution in [0.25, 0.3) is 0 Å². The second kappa shape index (κ2) is 14.5. The highest BCUT2D eigenvalue weighted by Crippen LogP contribution is 2.21. The van der Waals surface area contributed by atoms with Gasteiger partial charge in [0.05, 0.1) is 18.1 Å². The van der Waals surface area contributed by atoms with Gasteiger partial charge in [-0.05, 0) is 55.3 Å². The summed E-state index contributed by atoms with van der Waals surface area (Å²) in [5.41, 5.74) is 0.805. The molecule has 1 fully saturated rings. The van der Waals surface area contributed by atoms with Gasteiger partial charge in [-0.3, -0.25) is 9.59 Å². The summed E-state index contributed by atoms with van der Waals surface area (Å²) in [6, 6.07) is 12.2. The minimum absolute atomic E-state index is 0.140. The number of hydrogen-bond donors (Lipinski definition) is 1. The summed E-state index contributed by atoms with van der Waals surface area (Å²) in [6.07, 6.45) is 0.653. The largest absolute Gasteiger partial charge is 0.484 e. The SMILES string of the molecule is COCCCNC(=O)C(C)N(Cc1ccc(Cl)cc1)C(=O)COc1ccc(S(=O)(=O)N2CCOCC2)cc1. The molecule has 1 aliphatic rings. The minimum atomic E-state index is -3.63. The van der Waals surface area contributed by atoms with Crippen LogP contribution in [0, 0.1) is 0 Å². The monoisotopic (exact) mass is 567 g/mol. The van der Waals surface area contributed by atoms with Gasteiger partial charge in [0.2, 0.25) is 15.9 Å². The van der Waals surface area contributed by atoms with Crippen LogP contribution >= 0.6 is 11.6 Å². The van der Waals surface area contributed by atoms with Gasteiger partial charge in [0.25, 0.3) is 5.91 Å². The zero-order valence-corrected chi connectivity index (χ0v) is 23.2. The Morgan fingerprint density at radius 1 is 1.11 bits per heavy atom. The number of ether oxygens (including phenoxy) is 3. The quantitative estimate of drug-likeness (QED) is 0.369. The molecule has 0 radical (unpaired) electrons. The number of nitrogens with one attached hydrogen (secondary N) is 1. The number of halogens is 1. The Morgan fingerprint density at radius 2 is 1.76 bits per heavy atom. The summed E-state index contributed by atoms with van der Waals surface area (Å²) in [7, 11) is -2.04. The number of methoxy groups -OCH3 is 1. The van der Waals surface area contributed by atoms with Gasteiger partial charge in [-0.1, -0.05) is 23.7 Å². The van der Waals surface area contributed by atoms with E-state index in [1.54, 1.807) is 38.3 Å². The van der Waals surface area contributed by atoms with E-state index in [-0.39, 0.29) is 24.0 Å². The third-order valence-corrected chi connectivity index (χ3v) is 8.22. The predicted molar refractivity (Wildman–Crippen MR) is 142 cm³/mol. The average Bonchev–Trinajstić information content (AvgIpc) is 2.94. The fourth-order valence-corrected chi connectivity index (χ4v) is 5.35. The zero-order valence-electron chi connectivity index (χ0n) is 21.6. The number of carbonyl (C=O) groups is 2. The van der Waals surface area contributed by atoms with Crippen LogP contribution in [-0.2, 0) is 35.6 Å². The van der Waals surface area contributed by atoms with Crippen LogP contribution in [-0.4, -0.2) is 88.7 Å². The van der Waals surface area contributed by atoms with Crippen molar-refractivity contribution in [3.05, 3.63) is 59.1 Å². The second-order valence-electron chi connectivity index (χ2n) is 8.74. The topological polar surface area (TPSA) is 114 Å². The van der Waals surface area contributed by atoms with Crippen molar-refractivity contribution in [1.82, 2.24) is 14.5 Å². The molecule has 0 aliphatic carbocycles. The number of nitrogens with zero attached hydrogens (tertiary/aromatic N) is 2. The van der Waals surface area contributed by atoms with E-state index < -0.39 is 22.0 Å². The lowest BCUT2D eigenvalue weighted by atomic mass is 10.1. The predicted octanol–water partition coefficient (Wildman–Crippen LogP) is 2.31. The summed E-state index contributed by atoms with van der Waals surface area (Å²) in [5, 5.41) is 3.39. The van der Waals surface area contributed by atoms with Crippen LogP contribution in [0.2, 0.25) is 5.02 Å². The van der Waals surface area contributed by atoms with Gasteiger partial charge in [0, 0.05) is 44.9 Å². The molecule has 1 N–H and O–H groups in total. The first-order valence-electron chi connectivity index (χ1n) is 12.3. The Bertz CT molecular complexity index is 1150. The fourth-order valence-electron chi connectivity index (χ4n) is 3.82. The maximum absolute atomic E-state index is 13.2. The van der Waals surface area contributed by atoms with E-state index >= 15 is 0 Å². The Kier molecular flexibility index (Phi) is 11.4. The van der Waals surface area contributed by atoms with Gasteiger partial charge in [-0.15, -0.1) is 0 Å². The third-order valence-electron chi connectivity index (χ3n) is 6.05. The van der Waals surface area contributed by atoms with E-state index in [0.29, 0.717) is 56.6 Å². The van der Waals surface area contributed by atoms with Crippen molar-refractivity contribution in [1.29, 1.82) is 0 Å². The molecule has 2 amide bonds. The lowest BCUT2D eigenvalue weighted by molar-refractivity contribution is -0.142. The van der Waals surface area contributed by atoms with Crippen molar-refractivity contribution in [2.24, 2.45) is 0 Å². The molecule has 0 spiro atoms. The van der Waals surface area contributed by atoms with Crippen molar-refractivity contribution in [3.63, 3.8) is 0 Å². The van der Waals surface area contributed by atoms with E-state index in [1.165, 1.54) is 33.5 Å². The molecule has 0 saturated carbocycles. The fraction of sp³-hybridized carbons (Fsp3) is 0.462. The zero-order chi connectivity index (χ0) is 27.5. The summed E-state index contributed by atoms with van der Waals surface area (Å²) >= 11 is 5.99. The first-order valence-corrected chi connectivity index (χ1v) is 14.2. The number of amides is 2. The van der Waals surface area contributed by atoms with Crippen molar-refractivity contribution in [2.45, 2.75) is 30.8 Å². The van der Waals surface area contributed by atoms with Crippen molar-refractivity contribution < 1.29 is 32.2 Å². The molecule has 1 heterocycles. The summed E-state index contributed by atoms with van der Waals surface area (Å²) in [5.74, 6) is -0.354. The highest BCUT2D eigenvalue weighted by Gasteiger charge is 2.28. The number of rotatable bonds is 13. The number of morpholine rings is 1. The first kappa shape index (κ1) is 29.9. The number of hydrogen-bond acceptors (Lipinski definition) is 7. The van der Waals surface area contributed by atoms with Gasteiger partial charge in [0.1, 0.15) is 11.8 Å². The van der Waals surface area contributed by atoms with Crippen LogP contribution in [0.1, 0.15) is 18.9 Å². The lowest BCUT2D eigenvalue weighted by Crippen LogP contribution is -2.49. The number of sulfonamides is 1. The van der Waals surface area contributed by atoms with E-state index in [0.717, 1.165) is 5.56 Å². The molecule has 1 unspecified atom stereocenters. The normalized spacial score (nSPS) is 15.0.